The first-order valence-corrected chi connectivity index (χ1v) is 42.6. The highest BCUT2D eigenvalue weighted by molar-refractivity contribution is 6.34. The first-order chi connectivity index (χ1) is 62.3. The van der Waals surface area contributed by atoms with Crippen LogP contribution in [0.25, 0.3) is 0 Å². The van der Waals surface area contributed by atoms with Gasteiger partial charge in [0.2, 0.25) is 23.6 Å². The van der Waals surface area contributed by atoms with E-state index in [0.29, 0.717) is 77.4 Å². The van der Waals surface area contributed by atoms with E-state index in [0.717, 1.165) is 94.3 Å². The lowest BCUT2D eigenvalue weighted by Crippen LogP contribution is -2.59. The number of halogens is 1. The fourth-order valence-electron chi connectivity index (χ4n) is 15.1. The molecule has 0 spiro atoms. The van der Waals surface area contributed by atoms with E-state index < -0.39 is 92.1 Å². The number of nitro benzene ring substituents is 4. The van der Waals surface area contributed by atoms with E-state index in [1.54, 1.807) is 31.4 Å². The molecular weight excluding hydrogens is 1710 g/mol. The second-order valence-corrected chi connectivity index (χ2v) is 30.9. The molecule has 41 nitrogen and oxygen atoms in total. The van der Waals surface area contributed by atoms with Crippen molar-refractivity contribution in [1.29, 1.82) is 0 Å². The molecule has 700 valence electrons. The van der Waals surface area contributed by atoms with Crippen LogP contribution in [0.3, 0.4) is 0 Å². The molecule has 6 heterocycles. The van der Waals surface area contributed by atoms with Crippen molar-refractivity contribution in [2.45, 2.75) is 114 Å². The Labute approximate surface area is 749 Å². The lowest BCUT2D eigenvalue weighted by atomic mass is 9.89. The first kappa shape index (κ1) is 99.9. The molecule has 6 fully saturated rings. The Morgan fingerprint density at radius 2 is 0.853 bits per heavy atom. The number of hydrogen-bond acceptors (Lipinski definition) is 33. The van der Waals surface area contributed by atoms with Crippen LogP contribution >= 0.6 is 11.6 Å². The minimum atomic E-state index is -0.874. The van der Waals surface area contributed by atoms with Crippen molar-refractivity contribution in [2.24, 2.45) is 40.5 Å². The summed E-state index contributed by atoms with van der Waals surface area (Å²) in [6, 6.07) is 29.2. The van der Waals surface area contributed by atoms with Gasteiger partial charge < -0.3 is 115 Å². The van der Waals surface area contributed by atoms with Crippen molar-refractivity contribution < 1.29 is 115 Å². The minimum Gasteiger partial charge on any atom is -0.493 e. The van der Waals surface area contributed by atoms with E-state index in [9.17, 15) is 59.6 Å². The van der Waals surface area contributed by atoms with Gasteiger partial charge in [-0.3, -0.25) is 69.4 Å². The Kier molecular flexibility index (Phi) is 39.2. The molecule has 6 aromatic rings. The molecule has 6 aliphatic rings. The molecule has 12 rings (SSSR count). The number of allylic oxidation sites excluding steroid dienone is 1. The number of hydrogen-bond donors (Lipinski definition) is 7. The molecule has 2 unspecified atom stereocenters. The van der Waals surface area contributed by atoms with Gasteiger partial charge in [-0.05, 0) is 49.9 Å². The van der Waals surface area contributed by atoms with Gasteiger partial charge in [0.15, 0.2) is 41.6 Å². The largest absolute Gasteiger partial charge is 0.493 e. The maximum Gasteiger partial charge on any atom is 0.296 e. The Hall–Kier alpha value is -11.2. The van der Waals surface area contributed by atoms with E-state index in [2.05, 4.69) is 20.4 Å². The highest BCUT2D eigenvalue weighted by atomic mass is 35.5. The minimum absolute atomic E-state index is 0.000737. The predicted octanol–water partition coefficient (Wildman–Crippen LogP) is 9.02. The fraction of sp³-hybridized carbons (Fsp3) is 0.494. The summed E-state index contributed by atoms with van der Waals surface area (Å²) in [5.74, 6) is -3.01. The van der Waals surface area contributed by atoms with Gasteiger partial charge in [-0.25, -0.2) is 0 Å². The monoisotopic (exact) mass is 1820 g/mol. The maximum absolute atomic E-state index is 12.2. The maximum atomic E-state index is 12.2. The summed E-state index contributed by atoms with van der Waals surface area (Å²) >= 11 is 6.09. The number of nitrogens with one attached hydrogen (secondary N) is 2. The summed E-state index contributed by atoms with van der Waals surface area (Å²) < 4.78 is 94.4. The number of nitrogens with zero attached hydrogens (tertiary/aromatic N) is 6. The van der Waals surface area contributed by atoms with E-state index in [1.165, 1.54) is 31.4 Å². The normalized spacial score (nSPS) is 22.2. The molecule has 129 heavy (non-hydrogen) atoms. The molecule has 42 heteroatoms. The average Bonchev–Trinajstić information content (AvgIpc) is 0.782. The highest BCUT2D eigenvalue weighted by Crippen LogP contribution is 2.43. The zero-order chi connectivity index (χ0) is 92.5. The number of fused-ring (bicyclic) bond motifs is 2. The van der Waals surface area contributed by atoms with Gasteiger partial charge in [-0.2, -0.15) is 0 Å². The van der Waals surface area contributed by atoms with Gasteiger partial charge in [0.05, 0.1) is 117 Å². The zero-order valence-electron chi connectivity index (χ0n) is 72.1. The molecule has 0 radical (unpaired) electrons. The number of ether oxygens (including phenoxy) is 16. The lowest BCUT2D eigenvalue weighted by molar-refractivity contribution is -0.385. The van der Waals surface area contributed by atoms with Crippen LogP contribution in [0.2, 0.25) is 5.02 Å². The predicted molar refractivity (Wildman–Crippen MR) is 468 cm³/mol. The standard InChI is InChI=1S/C44H56N6O14.C25H29ClN2O9.C18H27N5O5/c1-28-39-37(27-62-43(64-39)29-11-5-3-6-12-29)63-44(57-2)40(28)61-20-10-19-60-36-26-31(42(46)52)24-34(50(55)56)38(36)47-14-8-4-7-13-32-33(49(53)54)23-30(41(45)51)25-35(32)59-18-9-15-48-16-21-58-22-17-48;1-14-21-19(13-35-24(37-21)15-7-4-3-5-8-15)36-25(32-2)22(14)34-10-6-9-33-18-12-16(23(27)29)11-17(20(18)26)28(30)31;19-4-1-2-5-21-17-15(23(25)26)12-14(18(20)24)13-16(17)28-9-3-6-22-7-10-27-11-8-22/h3-6,8,11-12,23-26,28,37,39-40,43-44,47H,7,9-10,13-22,27H2,1-2H3,(H2,45,51)(H2,46,52);3-5,7-8,11-12,14,19,21-22,24-25H,6,9-10,13H2,1-2H3,(H2,27,29);1-2,12-13,21H,3-11,19H2,(H2,20,24)/b8-4+;;2-1+/t28-,37+,39-,40+,43?,44-;14-,19+,21-,22+,24?,25-;/m00./s1. The second kappa shape index (κ2) is 50.7. The third-order valence-electron chi connectivity index (χ3n) is 21.7. The number of anilines is 2. The van der Waals surface area contributed by atoms with Gasteiger partial charge in [-0.15, -0.1) is 0 Å². The number of rotatable bonds is 44. The van der Waals surface area contributed by atoms with Gasteiger partial charge in [0.25, 0.3) is 22.7 Å². The number of morpholine rings is 2. The number of nitrogens with two attached hydrogens (primary N) is 5. The zero-order valence-corrected chi connectivity index (χ0v) is 72.9. The Morgan fingerprint density at radius 3 is 1.26 bits per heavy atom. The van der Waals surface area contributed by atoms with Crippen LogP contribution in [0, 0.1) is 52.3 Å². The van der Waals surface area contributed by atoms with Crippen molar-refractivity contribution in [3.05, 3.63) is 218 Å². The van der Waals surface area contributed by atoms with Crippen LogP contribution in [-0.2, 0) is 63.3 Å². The van der Waals surface area contributed by atoms with Crippen molar-refractivity contribution in [2.75, 3.05) is 163 Å². The molecular formula is C87H112ClN13O28. The highest BCUT2D eigenvalue weighted by Gasteiger charge is 2.51. The van der Waals surface area contributed by atoms with Crippen LogP contribution < -0.4 is 58.2 Å². The topological polar surface area (TPSA) is 549 Å². The summed E-state index contributed by atoms with van der Waals surface area (Å²) in [5.41, 5.74) is 27.7. The van der Waals surface area contributed by atoms with Gasteiger partial charge in [-0.1, -0.05) is 110 Å². The smallest absolute Gasteiger partial charge is 0.296 e. The number of nitro groups is 4. The Bertz CT molecular complexity index is 4790. The summed E-state index contributed by atoms with van der Waals surface area (Å²) in [7, 11) is 3.09. The van der Waals surface area contributed by atoms with Gasteiger partial charge in [0.1, 0.15) is 47.4 Å². The molecule has 12 atom stereocenters. The number of carbonyl (C=O) groups excluding carboxylic acids is 4. The van der Waals surface area contributed by atoms with E-state index in [4.69, 9.17) is 116 Å². The van der Waals surface area contributed by atoms with Crippen LogP contribution in [0.15, 0.2) is 133 Å². The molecule has 12 N–H and O–H groups in total. The van der Waals surface area contributed by atoms with Crippen molar-refractivity contribution >= 4 is 69.4 Å². The molecule has 4 amide bonds. The van der Waals surface area contributed by atoms with Crippen molar-refractivity contribution in [3.8, 4) is 23.0 Å². The number of methoxy groups -OCH3 is 2. The third kappa shape index (κ3) is 28.6. The molecule has 6 aromatic carbocycles. The second-order valence-electron chi connectivity index (χ2n) is 30.5. The summed E-state index contributed by atoms with van der Waals surface area (Å²) in [5, 5.41) is 52.8. The molecule has 0 saturated carbocycles. The quantitative estimate of drug-likeness (QED) is 0.00811. The molecule has 0 bridgehead atoms. The van der Waals surface area contributed by atoms with Crippen molar-refractivity contribution in [3.63, 3.8) is 0 Å². The number of primary amides is 4. The van der Waals surface area contributed by atoms with Crippen LogP contribution in [0.5, 0.6) is 23.0 Å². The van der Waals surface area contributed by atoms with Crippen molar-refractivity contribution in [1.82, 2.24) is 9.80 Å². The van der Waals surface area contributed by atoms with E-state index in [-0.39, 0.29) is 155 Å². The number of benzene rings is 6. The number of carbonyl (C=O) groups is 4. The summed E-state index contributed by atoms with van der Waals surface area (Å²) in [4.78, 5) is 96.4. The molecule has 0 aromatic heterocycles. The summed E-state index contributed by atoms with van der Waals surface area (Å²) in [6.45, 7) is 14.5. The van der Waals surface area contributed by atoms with Gasteiger partial charge in [0, 0.05) is 155 Å². The third-order valence-corrected chi connectivity index (χ3v) is 22.1. The lowest BCUT2D eigenvalue weighted by Gasteiger charge is -2.48. The average molecular weight is 1820 g/mol. The Balaban J connectivity index is 0.000000224. The molecule has 6 saturated heterocycles. The van der Waals surface area contributed by atoms with Crippen LogP contribution in [0.4, 0.5) is 34.1 Å². The first-order valence-electron chi connectivity index (χ1n) is 42.2. The van der Waals surface area contributed by atoms with E-state index >= 15 is 0 Å². The molecule has 6 aliphatic heterocycles. The van der Waals surface area contributed by atoms with E-state index in [1.807, 2.05) is 74.5 Å². The Morgan fingerprint density at radius 1 is 0.481 bits per heavy atom. The van der Waals surface area contributed by atoms with Crippen LogP contribution in [0.1, 0.15) is 117 Å². The van der Waals surface area contributed by atoms with Gasteiger partial charge >= 0.3 is 0 Å². The SMILES string of the molecule is CO[C@H]1O[C@@H]2COC(c3ccccc3)O[C@H]2[C@H](C)[C@H]1OCCCOc1cc(C(N)=O)cc([N+](=O)[O-])c1Cl.CO[C@H]1O[C@@H]2COC(c3ccccc3)O[C@H]2[C@H](C)[C@H]1OCCCOc1cc(C(N)=O)cc([N+](=O)[O-])c1NC/C=C/CCc1c(OCCCN2CCOCC2)cc(C(N)=O)cc1[N+](=O)[O-].NC/C=C/CNc1c(OCCCN2CCOCC2)cc(C(N)=O)cc1[N+](=O)[O-]. The fourth-order valence-corrected chi connectivity index (χ4v) is 15.3. The van der Waals surface area contributed by atoms with Crippen LogP contribution in [-0.4, -0.2) is 255 Å². The molecule has 0 aliphatic carbocycles. The summed E-state index contributed by atoms with van der Waals surface area (Å²) in [6.07, 6.45) is 5.14. The number of amides is 4.